The molecule has 0 spiro atoms. The van der Waals surface area contributed by atoms with Gasteiger partial charge in [-0.1, -0.05) is 0 Å². The molecule has 0 saturated carbocycles. The van der Waals surface area contributed by atoms with E-state index < -0.39 is 10.0 Å². The van der Waals surface area contributed by atoms with E-state index in [1.54, 1.807) is 24.0 Å². The highest BCUT2D eigenvalue weighted by molar-refractivity contribution is 7.89. The number of rotatable bonds is 7. The van der Waals surface area contributed by atoms with E-state index in [9.17, 15) is 8.42 Å². The Morgan fingerprint density at radius 3 is 2.85 bits per heavy atom. The molecule has 0 radical (unpaired) electrons. The van der Waals surface area contributed by atoms with Crippen LogP contribution in [0.15, 0.2) is 34.0 Å². The largest absolute Gasteiger partial charge is 0.447 e. The topological polar surface area (TPSA) is 89.2 Å². The normalized spacial score (nSPS) is 11.9. The predicted octanol–water partition coefficient (Wildman–Crippen LogP) is 0.254. The highest BCUT2D eigenvalue weighted by Gasteiger charge is 2.18. The van der Waals surface area contributed by atoms with Crippen LogP contribution in [0.1, 0.15) is 11.3 Å². The summed E-state index contributed by atoms with van der Waals surface area (Å²) in [5.41, 5.74) is 0.977. The Hall–Kier alpha value is -1.64. The molecule has 0 aliphatic heterocycles. The van der Waals surface area contributed by atoms with Gasteiger partial charge in [-0.25, -0.2) is 13.1 Å². The zero-order valence-corrected chi connectivity index (χ0v) is 12.3. The van der Waals surface area contributed by atoms with Crippen LogP contribution in [0.5, 0.6) is 0 Å². The van der Waals surface area contributed by atoms with Gasteiger partial charge in [0.05, 0.1) is 12.7 Å². The molecule has 0 fully saturated rings. The van der Waals surface area contributed by atoms with Crippen molar-refractivity contribution in [3.05, 3.63) is 35.9 Å². The molecule has 20 heavy (non-hydrogen) atoms. The van der Waals surface area contributed by atoms with Gasteiger partial charge in [0.25, 0.3) is 10.0 Å². The van der Waals surface area contributed by atoms with Gasteiger partial charge in [0.2, 0.25) is 5.09 Å². The van der Waals surface area contributed by atoms with E-state index in [1.165, 1.54) is 6.07 Å². The van der Waals surface area contributed by atoms with Gasteiger partial charge in [-0.2, -0.15) is 5.10 Å². The van der Waals surface area contributed by atoms with Gasteiger partial charge in [-0.3, -0.25) is 4.68 Å². The molecule has 0 bridgehead atoms. The van der Waals surface area contributed by atoms with Crippen LogP contribution in [0.2, 0.25) is 0 Å². The average Bonchev–Trinajstić information content (AvgIpc) is 2.99. The van der Waals surface area contributed by atoms with E-state index in [-0.39, 0.29) is 5.09 Å². The molecule has 2 aromatic rings. The minimum atomic E-state index is -3.59. The van der Waals surface area contributed by atoms with E-state index in [2.05, 4.69) is 15.1 Å². The summed E-state index contributed by atoms with van der Waals surface area (Å²) in [6, 6.07) is 3.10. The summed E-state index contributed by atoms with van der Waals surface area (Å²) < 4.78 is 33.5. The number of aryl methyl sites for hydroxylation is 1. The molecule has 110 valence electrons. The fourth-order valence-electron chi connectivity index (χ4n) is 1.77. The lowest BCUT2D eigenvalue weighted by atomic mass is 10.3. The van der Waals surface area contributed by atoms with Crippen LogP contribution >= 0.6 is 0 Å². The van der Waals surface area contributed by atoms with Crippen molar-refractivity contribution in [1.82, 2.24) is 19.8 Å². The molecule has 7 nitrogen and oxygen atoms in total. The van der Waals surface area contributed by atoms with Gasteiger partial charge < -0.3 is 9.73 Å². The number of nitrogens with one attached hydrogen (secondary N) is 2. The van der Waals surface area contributed by atoms with Crippen LogP contribution in [0.4, 0.5) is 0 Å². The van der Waals surface area contributed by atoms with Crippen LogP contribution in [0.3, 0.4) is 0 Å². The Balaban J connectivity index is 1.92. The Bertz CT molecular complexity index is 660. The molecule has 2 aromatic heterocycles. The van der Waals surface area contributed by atoms with Crippen molar-refractivity contribution in [2.45, 2.75) is 18.1 Å². The maximum atomic E-state index is 12.0. The minimum Gasteiger partial charge on any atom is -0.447 e. The molecule has 2 heterocycles. The summed E-state index contributed by atoms with van der Waals surface area (Å²) in [6.07, 6.45) is 4.15. The highest BCUT2D eigenvalue weighted by Crippen LogP contribution is 2.13. The number of sulfonamides is 1. The zero-order chi connectivity index (χ0) is 14.6. The average molecular weight is 298 g/mol. The van der Waals surface area contributed by atoms with Crippen molar-refractivity contribution in [2.75, 3.05) is 13.6 Å². The molecule has 2 rings (SSSR count). The van der Waals surface area contributed by atoms with Crippen LogP contribution in [0, 0.1) is 0 Å². The predicted molar refractivity (Wildman–Crippen MR) is 73.6 cm³/mol. The van der Waals surface area contributed by atoms with Crippen LogP contribution < -0.4 is 10.0 Å². The molecule has 0 atom stereocenters. The van der Waals surface area contributed by atoms with Crippen molar-refractivity contribution in [3.8, 4) is 0 Å². The number of aromatic nitrogens is 2. The maximum absolute atomic E-state index is 12.0. The first kappa shape index (κ1) is 14.8. The van der Waals surface area contributed by atoms with Gasteiger partial charge in [0.1, 0.15) is 5.76 Å². The van der Waals surface area contributed by atoms with E-state index in [4.69, 9.17) is 4.42 Å². The first-order chi connectivity index (χ1) is 9.51. The van der Waals surface area contributed by atoms with Crippen molar-refractivity contribution in [1.29, 1.82) is 0 Å². The van der Waals surface area contributed by atoms with Crippen molar-refractivity contribution < 1.29 is 12.8 Å². The molecule has 0 amide bonds. The Labute approximate surface area is 118 Å². The Morgan fingerprint density at radius 2 is 2.20 bits per heavy atom. The van der Waals surface area contributed by atoms with E-state index >= 15 is 0 Å². The van der Waals surface area contributed by atoms with Crippen LogP contribution in [-0.2, 0) is 30.0 Å². The number of hydrogen-bond acceptors (Lipinski definition) is 5. The van der Waals surface area contributed by atoms with Gasteiger partial charge in [-0.15, -0.1) is 0 Å². The number of nitrogens with zero attached hydrogens (tertiary/aromatic N) is 2. The number of hydrogen-bond donors (Lipinski definition) is 2. The monoisotopic (exact) mass is 298 g/mol. The van der Waals surface area contributed by atoms with Crippen LogP contribution in [0.25, 0.3) is 0 Å². The standard InChI is InChI=1S/C12H18N4O3S/c1-13-8-11-3-4-12(19-11)20(17,18)15-6-5-10-7-14-16(2)9-10/h3-4,7,9,13,15H,5-6,8H2,1-2H3. The summed E-state index contributed by atoms with van der Waals surface area (Å²) in [6.45, 7) is 0.793. The number of furan rings is 1. The molecule has 0 aliphatic rings. The second kappa shape index (κ2) is 6.21. The second-order valence-corrected chi connectivity index (χ2v) is 6.12. The fourth-order valence-corrected chi connectivity index (χ4v) is 2.75. The smallest absolute Gasteiger partial charge is 0.273 e. The Kier molecular flexibility index (Phi) is 4.58. The summed E-state index contributed by atoms with van der Waals surface area (Å²) in [5, 5.41) is 6.86. The molecular weight excluding hydrogens is 280 g/mol. The summed E-state index contributed by atoms with van der Waals surface area (Å²) in [4.78, 5) is 0. The first-order valence-electron chi connectivity index (χ1n) is 6.22. The molecule has 0 aromatic carbocycles. The van der Waals surface area contributed by atoms with Crippen molar-refractivity contribution in [3.63, 3.8) is 0 Å². The summed E-state index contributed by atoms with van der Waals surface area (Å²) in [5.74, 6) is 0.583. The van der Waals surface area contributed by atoms with Crippen molar-refractivity contribution >= 4 is 10.0 Å². The lowest BCUT2D eigenvalue weighted by Gasteiger charge is -2.03. The molecular formula is C12H18N4O3S. The third-order valence-corrected chi connectivity index (χ3v) is 4.05. The maximum Gasteiger partial charge on any atom is 0.273 e. The molecule has 8 heteroatoms. The quantitative estimate of drug-likeness (QED) is 0.765. The lowest BCUT2D eigenvalue weighted by Crippen LogP contribution is -2.25. The van der Waals surface area contributed by atoms with Gasteiger partial charge >= 0.3 is 0 Å². The van der Waals surface area contributed by atoms with Gasteiger partial charge in [0, 0.05) is 19.8 Å². The Morgan fingerprint density at radius 1 is 1.40 bits per heavy atom. The second-order valence-electron chi connectivity index (χ2n) is 4.42. The highest BCUT2D eigenvalue weighted by atomic mass is 32.2. The molecule has 2 N–H and O–H groups in total. The van der Waals surface area contributed by atoms with Gasteiger partial charge in [0.15, 0.2) is 0 Å². The molecule has 0 unspecified atom stereocenters. The van der Waals surface area contributed by atoms with E-state index in [0.29, 0.717) is 25.3 Å². The fraction of sp³-hybridized carbons (Fsp3) is 0.417. The zero-order valence-electron chi connectivity index (χ0n) is 11.5. The summed E-state index contributed by atoms with van der Waals surface area (Å²) in [7, 11) is -0.00679. The van der Waals surface area contributed by atoms with Crippen molar-refractivity contribution in [2.24, 2.45) is 7.05 Å². The molecule has 0 saturated heterocycles. The van der Waals surface area contributed by atoms with Gasteiger partial charge in [-0.05, 0) is 31.2 Å². The van der Waals surface area contributed by atoms with E-state index in [0.717, 1.165) is 5.56 Å². The third kappa shape index (κ3) is 3.69. The van der Waals surface area contributed by atoms with E-state index in [1.807, 2.05) is 13.2 Å². The first-order valence-corrected chi connectivity index (χ1v) is 7.70. The summed E-state index contributed by atoms with van der Waals surface area (Å²) >= 11 is 0. The SMILES string of the molecule is CNCc1ccc(S(=O)(=O)NCCc2cnn(C)c2)o1. The molecule has 0 aliphatic carbocycles. The van der Waals surface area contributed by atoms with Crippen LogP contribution in [-0.4, -0.2) is 31.8 Å². The lowest BCUT2D eigenvalue weighted by molar-refractivity contribution is 0.404. The third-order valence-electron chi connectivity index (χ3n) is 2.72. The minimum absolute atomic E-state index is 0.0612.